The second-order valence-corrected chi connectivity index (χ2v) is 6.64. The van der Waals surface area contributed by atoms with Crippen molar-refractivity contribution in [3.05, 3.63) is 53.3 Å². The van der Waals surface area contributed by atoms with Crippen molar-refractivity contribution in [2.24, 2.45) is 0 Å². The molecule has 0 unspecified atom stereocenters. The van der Waals surface area contributed by atoms with Gasteiger partial charge in [0, 0.05) is 45.6 Å². The molecule has 0 aliphatic heterocycles. The fourth-order valence-corrected chi connectivity index (χ4v) is 2.48. The van der Waals surface area contributed by atoms with Crippen molar-refractivity contribution in [2.45, 2.75) is 26.3 Å². The Balaban J connectivity index is 1.85. The van der Waals surface area contributed by atoms with E-state index < -0.39 is 0 Å². The predicted octanol–water partition coefficient (Wildman–Crippen LogP) is 2.80. The van der Waals surface area contributed by atoms with E-state index in [2.05, 4.69) is 47.3 Å². The van der Waals surface area contributed by atoms with Crippen LogP contribution in [0, 0.1) is 6.92 Å². The maximum Gasteiger partial charge on any atom is 0.317 e. The Hall–Kier alpha value is -2.63. The van der Waals surface area contributed by atoms with Crippen molar-refractivity contribution >= 4 is 12.0 Å². The lowest BCUT2D eigenvalue weighted by Crippen LogP contribution is -2.38. The normalized spacial score (nSPS) is 11.7. The van der Waals surface area contributed by atoms with Crippen molar-refractivity contribution in [3.63, 3.8) is 0 Å². The summed E-state index contributed by atoms with van der Waals surface area (Å²) in [5, 5.41) is 2.99. The molecule has 2 aromatic rings. The highest BCUT2D eigenvalue weighted by molar-refractivity contribution is 5.73. The third-order valence-corrected chi connectivity index (χ3v) is 4.03. The number of benzene rings is 1. The lowest BCUT2D eigenvalue weighted by molar-refractivity contribution is 0.206. The molecule has 1 heterocycles. The third kappa shape index (κ3) is 5.45. The number of anilines is 1. The van der Waals surface area contributed by atoms with Gasteiger partial charge in [-0.15, -0.1) is 0 Å². The van der Waals surface area contributed by atoms with Gasteiger partial charge in [-0.3, -0.25) is 0 Å². The number of amides is 2. The minimum atomic E-state index is -0.101. The summed E-state index contributed by atoms with van der Waals surface area (Å²) in [4.78, 5) is 24.3. The molecule has 0 bridgehead atoms. The summed E-state index contributed by atoms with van der Waals surface area (Å²) >= 11 is 0. The molecule has 1 aromatic heterocycles. The lowest BCUT2D eigenvalue weighted by Gasteiger charge is -2.20. The maximum absolute atomic E-state index is 12.3. The molecule has 0 saturated heterocycles. The fraction of sp³-hybridized carbons (Fsp3) is 0.421. The molecule has 0 aliphatic rings. The van der Waals surface area contributed by atoms with Crippen molar-refractivity contribution < 1.29 is 4.79 Å². The molecule has 1 N–H and O–H groups in total. The summed E-state index contributed by atoms with van der Waals surface area (Å²) in [6.45, 7) is 5.26. The number of aryl methyl sites for hydroxylation is 1. The maximum atomic E-state index is 12.3. The van der Waals surface area contributed by atoms with Gasteiger partial charge in [-0.05, 0) is 18.4 Å². The quantitative estimate of drug-likeness (QED) is 0.878. The van der Waals surface area contributed by atoms with Crippen LogP contribution in [0.2, 0.25) is 0 Å². The largest absolute Gasteiger partial charge is 0.347 e. The minimum absolute atomic E-state index is 0.101. The van der Waals surface area contributed by atoms with Crippen LogP contribution in [0.4, 0.5) is 10.7 Å². The summed E-state index contributed by atoms with van der Waals surface area (Å²) in [6, 6.07) is 8.27. The molecule has 25 heavy (non-hydrogen) atoms. The average molecular weight is 341 g/mol. The Morgan fingerprint density at radius 3 is 2.48 bits per heavy atom. The molecular weight excluding hydrogens is 314 g/mol. The summed E-state index contributed by atoms with van der Waals surface area (Å²) in [6.07, 6.45) is 3.50. The first-order valence-corrected chi connectivity index (χ1v) is 8.40. The molecule has 0 radical (unpaired) electrons. The Bertz CT molecular complexity index is 699. The van der Waals surface area contributed by atoms with E-state index in [-0.39, 0.29) is 11.9 Å². The van der Waals surface area contributed by atoms with Crippen LogP contribution >= 0.6 is 0 Å². The first-order valence-electron chi connectivity index (χ1n) is 8.40. The smallest absolute Gasteiger partial charge is 0.317 e. The van der Waals surface area contributed by atoms with Crippen LogP contribution in [-0.2, 0) is 6.54 Å². The van der Waals surface area contributed by atoms with E-state index in [1.54, 1.807) is 24.3 Å². The van der Waals surface area contributed by atoms with Gasteiger partial charge in [0.15, 0.2) is 0 Å². The zero-order chi connectivity index (χ0) is 18.4. The van der Waals surface area contributed by atoms with Crippen LogP contribution < -0.4 is 10.2 Å². The van der Waals surface area contributed by atoms with Gasteiger partial charge in [0.25, 0.3) is 0 Å². The zero-order valence-electron chi connectivity index (χ0n) is 15.7. The van der Waals surface area contributed by atoms with E-state index in [0.29, 0.717) is 19.0 Å². The molecule has 6 nitrogen and oxygen atoms in total. The number of carbonyl (C=O) groups excluding carboxylic acids is 1. The van der Waals surface area contributed by atoms with Crippen LogP contribution in [0.1, 0.15) is 29.5 Å². The molecule has 0 spiro atoms. The second kappa shape index (κ2) is 8.46. The first kappa shape index (κ1) is 18.7. The second-order valence-electron chi connectivity index (χ2n) is 6.64. The van der Waals surface area contributed by atoms with Gasteiger partial charge in [0.1, 0.15) is 0 Å². The summed E-state index contributed by atoms with van der Waals surface area (Å²) < 4.78 is 0. The van der Waals surface area contributed by atoms with Crippen molar-refractivity contribution in [2.75, 3.05) is 32.6 Å². The van der Waals surface area contributed by atoms with Crippen molar-refractivity contribution in [3.8, 4) is 0 Å². The highest BCUT2D eigenvalue weighted by atomic mass is 16.2. The highest BCUT2D eigenvalue weighted by Gasteiger charge is 2.12. The van der Waals surface area contributed by atoms with Crippen molar-refractivity contribution in [1.29, 1.82) is 0 Å². The molecule has 6 heteroatoms. The van der Waals surface area contributed by atoms with Gasteiger partial charge in [0.2, 0.25) is 5.95 Å². The van der Waals surface area contributed by atoms with E-state index >= 15 is 0 Å². The molecule has 2 amide bonds. The summed E-state index contributed by atoms with van der Waals surface area (Å²) in [5.41, 5.74) is 3.36. The average Bonchev–Trinajstić information content (AvgIpc) is 2.59. The molecule has 134 valence electrons. The topological polar surface area (TPSA) is 61.4 Å². The van der Waals surface area contributed by atoms with E-state index in [9.17, 15) is 4.79 Å². The predicted molar refractivity (Wildman–Crippen MR) is 101 cm³/mol. The highest BCUT2D eigenvalue weighted by Crippen LogP contribution is 2.15. The fourth-order valence-electron chi connectivity index (χ4n) is 2.48. The lowest BCUT2D eigenvalue weighted by atomic mass is 9.99. The van der Waals surface area contributed by atoms with Crippen LogP contribution in [0.25, 0.3) is 0 Å². The van der Waals surface area contributed by atoms with Crippen molar-refractivity contribution in [1.82, 2.24) is 20.2 Å². The van der Waals surface area contributed by atoms with Crippen LogP contribution in [0.15, 0.2) is 36.7 Å². The van der Waals surface area contributed by atoms with Gasteiger partial charge in [0.05, 0.1) is 6.54 Å². The molecule has 0 fully saturated rings. The SMILES string of the molecule is Cc1cccc([C@H](C)CNC(=O)N(C)Cc2cnc(N(C)C)nc2)c1. The summed E-state index contributed by atoms with van der Waals surface area (Å²) in [5.74, 6) is 0.919. The van der Waals surface area contributed by atoms with Gasteiger partial charge in [-0.2, -0.15) is 0 Å². The van der Waals surface area contributed by atoms with E-state index in [0.717, 1.165) is 5.56 Å². The number of aromatic nitrogens is 2. The number of rotatable bonds is 6. The molecule has 0 saturated carbocycles. The van der Waals surface area contributed by atoms with Gasteiger partial charge < -0.3 is 15.1 Å². The number of nitrogens with one attached hydrogen (secondary N) is 1. The Labute approximate surface area is 149 Å². The molecular formula is C19H27N5O. The van der Waals surface area contributed by atoms with Gasteiger partial charge >= 0.3 is 6.03 Å². The van der Waals surface area contributed by atoms with E-state index in [1.165, 1.54) is 11.1 Å². The third-order valence-electron chi connectivity index (χ3n) is 4.03. The Morgan fingerprint density at radius 2 is 1.88 bits per heavy atom. The Kier molecular flexibility index (Phi) is 6.33. The number of carbonyl (C=O) groups is 1. The monoisotopic (exact) mass is 341 g/mol. The van der Waals surface area contributed by atoms with Gasteiger partial charge in [-0.1, -0.05) is 36.8 Å². The standard InChI is InChI=1S/C19H27N5O/c1-14-7-6-8-17(9-14)15(2)10-22-19(25)24(5)13-16-11-20-18(21-12-16)23(3)4/h6-9,11-12,15H,10,13H2,1-5H3,(H,22,25)/t15-/m1/s1. The van der Waals surface area contributed by atoms with E-state index in [1.807, 2.05) is 25.1 Å². The van der Waals surface area contributed by atoms with Crippen LogP contribution in [-0.4, -0.2) is 48.6 Å². The minimum Gasteiger partial charge on any atom is -0.347 e. The number of hydrogen-bond acceptors (Lipinski definition) is 4. The number of urea groups is 1. The first-order chi connectivity index (χ1) is 11.9. The zero-order valence-corrected chi connectivity index (χ0v) is 15.7. The molecule has 1 atom stereocenters. The van der Waals surface area contributed by atoms with Crippen LogP contribution in [0.3, 0.4) is 0 Å². The molecule has 1 aromatic carbocycles. The summed E-state index contributed by atoms with van der Waals surface area (Å²) in [7, 11) is 5.56. The molecule has 2 rings (SSSR count). The Morgan fingerprint density at radius 1 is 1.20 bits per heavy atom. The molecule has 0 aliphatic carbocycles. The number of nitrogens with zero attached hydrogens (tertiary/aromatic N) is 4. The van der Waals surface area contributed by atoms with E-state index in [4.69, 9.17) is 0 Å². The number of hydrogen-bond donors (Lipinski definition) is 1. The van der Waals surface area contributed by atoms with Crippen LogP contribution in [0.5, 0.6) is 0 Å². The van der Waals surface area contributed by atoms with Gasteiger partial charge in [-0.25, -0.2) is 14.8 Å².